The van der Waals surface area contributed by atoms with Crippen LogP contribution in [0.1, 0.15) is 192 Å². The van der Waals surface area contributed by atoms with Gasteiger partial charge in [-0.25, -0.2) is 0 Å². The zero-order chi connectivity index (χ0) is 36.8. The van der Waals surface area contributed by atoms with E-state index in [1.54, 1.807) is 0 Å². The molecule has 0 radical (unpaired) electrons. The monoisotopic (exact) mass is 727 g/mol. The van der Waals surface area contributed by atoms with Gasteiger partial charge in [0.2, 0.25) is 0 Å². The van der Waals surface area contributed by atoms with Gasteiger partial charge in [-0.1, -0.05) is 102 Å². The highest BCUT2D eigenvalue weighted by Gasteiger charge is 2.39. The second kappa shape index (κ2) is 21.3. The van der Waals surface area contributed by atoms with Gasteiger partial charge in [0.25, 0.3) is 0 Å². The molecule has 2 aromatic carbocycles. The molecule has 4 fully saturated rings. The molecule has 0 amide bonds. The predicted molar refractivity (Wildman–Crippen MR) is 223 cm³/mol. The van der Waals surface area contributed by atoms with Gasteiger partial charge in [-0.15, -0.1) is 0 Å². The minimum atomic E-state index is 0.115. The molecule has 0 saturated heterocycles. The number of rotatable bonds is 18. The van der Waals surface area contributed by atoms with Gasteiger partial charge in [0.05, 0.1) is 25.4 Å². The van der Waals surface area contributed by atoms with Crippen LogP contribution in [0.5, 0.6) is 11.5 Å². The number of benzene rings is 2. The summed E-state index contributed by atoms with van der Waals surface area (Å²) in [5.74, 6) is 8.80. The smallest absolute Gasteiger partial charge is 0.119 e. The van der Waals surface area contributed by atoms with Gasteiger partial charge >= 0.3 is 0 Å². The van der Waals surface area contributed by atoms with Gasteiger partial charge in [-0.3, -0.25) is 0 Å². The largest absolute Gasteiger partial charge is 0.494 e. The highest BCUT2D eigenvalue weighted by molar-refractivity contribution is 5.31. The molecule has 0 aromatic heterocycles. The molecular formula is C50H78O3. The van der Waals surface area contributed by atoms with E-state index in [2.05, 4.69) is 76.2 Å². The average molecular weight is 727 g/mol. The first-order valence-corrected chi connectivity index (χ1v) is 23.2. The van der Waals surface area contributed by atoms with Gasteiger partial charge < -0.3 is 14.2 Å². The average Bonchev–Trinajstić information content (AvgIpc) is 3.21. The predicted octanol–water partition coefficient (Wildman–Crippen LogP) is 14.9. The Morgan fingerprint density at radius 3 is 1.06 bits per heavy atom. The summed E-state index contributed by atoms with van der Waals surface area (Å²) in [5.41, 5.74) is 2.69. The molecule has 3 nitrogen and oxygen atoms in total. The Labute approximate surface area is 326 Å². The molecule has 296 valence electrons. The summed E-state index contributed by atoms with van der Waals surface area (Å²) in [4.78, 5) is 0. The van der Waals surface area contributed by atoms with Crippen molar-refractivity contribution in [3.05, 3.63) is 59.7 Å². The molecule has 4 saturated carbocycles. The Kier molecular flexibility index (Phi) is 16.4. The van der Waals surface area contributed by atoms with Crippen molar-refractivity contribution in [3.63, 3.8) is 0 Å². The summed E-state index contributed by atoms with van der Waals surface area (Å²) in [6, 6.07) is 18.0. The standard InChI is InChI=1S/C50H78O3/c1-5-9-11-37-13-17-39(18-14-37)41-21-25-43(26-22-41)49(45-29-33-47(34-30-45)51-7-3)53-50(46-31-35-48(36-32-46)52-8-4)44-27-23-42(24-28-44)40-19-15-38(16-20-40)12-10-6-2/h29-44,49-50H,5-28H2,1-4H3/t37-,38-,39-,40-,41-,42-,43-,44-,49?,50?. The van der Waals surface area contributed by atoms with E-state index in [9.17, 15) is 0 Å². The Morgan fingerprint density at radius 1 is 0.434 bits per heavy atom. The molecule has 0 N–H and O–H groups in total. The van der Waals surface area contributed by atoms with E-state index in [1.807, 2.05) is 0 Å². The van der Waals surface area contributed by atoms with Crippen molar-refractivity contribution >= 4 is 0 Å². The summed E-state index contributed by atoms with van der Waals surface area (Å²) >= 11 is 0. The minimum Gasteiger partial charge on any atom is -0.494 e. The van der Waals surface area contributed by atoms with Gasteiger partial charge in [-0.2, -0.15) is 0 Å². The number of hydrogen-bond donors (Lipinski definition) is 0. The van der Waals surface area contributed by atoms with Crippen LogP contribution in [0.25, 0.3) is 0 Å². The quantitative estimate of drug-likeness (QED) is 0.153. The van der Waals surface area contributed by atoms with Crippen molar-refractivity contribution in [1.29, 1.82) is 0 Å². The van der Waals surface area contributed by atoms with Gasteiger partial charge in [0.15, 0.2) is 0 Å². The number of hydrogen-bond acceptors (Lipinski definition) is 3. The van der Waals surface area contributed by atoms with Crippen molar-refractivity contribution < 1.29 is 14.2 Å². The summed E-state index contributed by atoms with van der Waals surface area (Å²) in [6.07, 6.45) is 31.2. The third kappa shape index (κ3) is 11.5. The number of ether oxygens (including phenoxy) is 3. The summed E-state index contributed by atoms with van der Waals surface area (Å²) in [7, 11) is 0. The molecule has 0 aliphatic heterocycles. The van der Waals surface area contributed by atoms with E-state index in [-0.39, 0.29) is 12.2 Å². The Hall–Kier alpha value is -2.00. The first-order chi connectivity index (χ1) is 26.1. The lowest BCUT2D eigenvalue weighted by atomic mass is 9.67. The van der Waals surface area contributed by atoms with Gasteiger partial charge in [-0.05, 0) is 174 Å². The fourth-order valence-electron chi connectivity index (χ4n) is 11.6. The third-order valence-electron chi connectivity index (χ3n) is 14.9. The van der Waals surface area contributed by atoms with Crippen LogP contribution < -0.4 is 9.47 Å². The topological polar surface area (TPSA) is 27.7 Å². The van der Waals surface area contributed by atoms with E-state index >= 15 is 0 Å². The highest BCUT2D eigenvalue weighted by atomic mass is 16.5. The second-order valence-electron chi connectivity index (χ2n) is 18.2. The zero-order valence-corrected chi connectivity index (χ0v) is 34.6. The van der Waals surface area contributed by atoms with Crippen LogP contribution in [0.2, 0.25) is 0 Å². The lowest BCUT2D eigenvalue weighted by Crippen LogP contribution is -2.31. The molecule has 4 aliphatic carbocycles. The van der Waals surface area contributed by atoms with E-state index in [0.717, 1.165) is 47.0 Å². The van der Waals surface area contributed by atoms with Crippen molar-refractivity contribution in [3.8, 4) is 11.5 Å². The fraction of sp³-hybridized carbons (Fsp3) is 0.760. The summed E-state index contributed by atoms with van der Waals surface area (Å²) in [5, 5.41) is 0. The lowest BCUT2D eigenvalue weighted by molar-refractivity contribution is -0.0935. The van der Waals surface area contributed by atoms with Gasteiger partial charge in [0, 0.05) is 0 Å². The van der Waals surface area contributed by atoms with Crippen LogP contribution >= 0.6 is 0 Å². The summed E-state index contributed by atoms with van der Waals surface area (Å²) in [6.45, 7) is 10.2. The van der Waals surface area contributed by atoms with Crippen molar-refractivity contribution in [1.82, 2.24) is 0 Å². The Morgan fingerprint density at radius 2 is 0.755 bits per heavy atom. The molecule has 3 heteroatoms. The molecule has 4 aliphatic rings. The molecule has 6 rings (SSSR count). The fourth-order valence-corrected chi connectivity index (χ4v) is 11.6. The highest BCUT2D eigenvalue weighted by Crippen LogP contribution is 2.50. The molecule has 53 heavy (non-hydrogen) atoms. The molecule has 2 atom stereocenters. The maximum Gasteiger partial charge on any atom is 0.119 e. The molecule has 0 bridgehead atoms. The SMILES string of the molecule is CCCC[C@H]1CC[C@H]([C@H]2CC[C@H](C(OC(c3ccc(OCC)cc3)[C@H]3CC[C@H]([C@H]4CC[C@H](CCCC)CC4)CC3)c3ccc(OCC)cc3)CC2)CC1. The third-order valence-corrected chi connectivity index (χ3v) is 14.9. The van der Waals surface area contributed by atoms with Crippen LogP contribution in [0, 0.1) is 47.3 Å². The Bertz CT molecular complexity index is 1160. The molecule has 2 aromatic rings. The Balaban J connectivity index is 1.15. The first kappa shape index (κ1) is 40.7. The van der Waals surface area contributed by atoms with Gasteiger partial charge in [0.1, 0.15) is 11.5 Å². The second-order valence-corrected chi connectivity index (χ2v) is 18.2. The van der Waals surface area contributed by atoms with E-state index in [4.69, 9.17) is 14.2 Å². The van der Waals surface area contributed by atoms with Crippen LogP contribution in [0.4, 0.5) is 0 Å². The van der Waals surface area contributed by atoms with Crippen molar-refractivity contribution in [2.24, 2.45) is 47.3 Å². The molecule has 0 heterocycles. The number of unbranched alkanes of at least 4 members (excludes halogenated alkanes) is 2. The van der Waals surface area contributed by atoms with E-state index in [1.165, 1.54) is 152 Å². The molecule has 0 spiro atoms. The van der Waals surface area contributed by atoms with Crippen LogP contribution in [-0.2, 0) is 4.74 Å². The van der Waals surface area contributed by atoms with Crippen molar-refractivity contribution in [2.75, 3.05) is 13.2 Å². The zero-order valence-electron chi connectivity index (χ0n) is 34.6. The van der Waals surface area contributed by atoms with Crippen molar-refractivity contribution in [2.45, 2.75) is 181 Å². The normalized spacial score (nSPS) is 30.7. The van der Waals surface area contributed by atoms with E-state index < -0.39 is 0 Å². The first-order valence-electron chi connectivity index (χ1n) is 23.2. The maximum absolute atomic E-state index is 7.68. The van der Waals surface area contributed by atoms with Crippen LogP contribution in [0.3, 0.4) is 0 Å². The molecular weight excluding hydrogens is 649 g/mol. The van der Waals surface area contributed by atoms with Crippen LogP contribution in [-0.4, -0.2) is 13.2 Å². The summed E-state index contributed by atoms with van der Waals surface area (Å²) < 4.78 is 19.5. The molecule has 2 unspecified atom stereocenters. The van der Waals surface area contributed by atoms with E-state index in [0.29, 0.717) is 25.0 Å². The van der Waals surface area contributed by atoms with Crippen LogP contribution in [0.15, 0.2) is 48.5 Å². The minimum absolute atomic E-state index is 0.115. The lowest BCUT2D eigenvalue weighted by Gasteiger charge is -2.43. The maximum atomic E-state index is 7.68.